The van der Waals surface area contributed by atoms with Gasteiger partial charge in [-0.3, -0.25) is 0 Å². The Balaban J connectivity index is 1.87. The minimum Gasteiger partial charge on any atom is -0.360 e. The lowest BCUT2D eigenvalue weighted by Crippen LogP contribution is -1.91. The molecule has 0 aliphatic rings. The number of rotatable bonds is 4. The molecule has 0 unspecified atom stereocenters. The fourth-order valence-electron chi connectivity index (χ4n) is 2.45. The molecular weight excluding hydrogens is 314 g/mol. The summed E-state index contributed by atoms with van der Waals surface area (Å²) in [5, 5.41) is 15.3. The van der Waals surface area contributed by atoms with E-state index in [1.54, 1.807) is 6.20 Å². The summed E-state index contributed by atoms with van der Waals surface area (Å²) in [6.07, 6.45) is 1.71. The van der Waals surface area contributed by atoms with Gasteiger partial charge in [-0.15, -0.1) is 11.3 Å². The van der Waals surface area contributed by atoms with Crippen LogP contribution in [-0.4, -0.2) is 4.98 Å². The molecule has 3 nitrogen and oxygen atoms in total. The van der Waals surface area contributed by atoms with Crippen LogP contribution >= 0.6 is 11.3 Å². The molecule has 4 heteroatoms. The van der Waals surface area contributed by atoms with E-state index < -0.39 is 0 Å². The highest BCUT2D eigenvalue weighted by atomic mass is 32.1. The van der Waals surface area contributed by atoms with Gasteiger partial charge in [0.1, 0.15) is 16.6 Å². The molecule has 0 amide bonds. The Morgan fingerprint density at radius 1 is 1.17 bits per heavy atom. The Hall–Kier alpha value is -2.90. The van der Waals surface area contributed by atoms with Crippen molar-refractivity contribution < 1.29 is 0 Å². The molecule has 0 aliphatic carbocycles. The zero-order chi connectivity index (χ0) is 16.9. The van der Waals surface area contributed by atoms with E-state index in [1.165, 1.54) is 22.5 Å². The van der Waals surface area contributed by atoms with Crippen LogP contribution in [0.1, 0.15) is 16.1 Å². The molecule has 2 aromatic carbocycles. The average Bonchev–Trinajstić information content (AvgIpc) is 3.06. The van der Waals surface area contributed by atoms with E-state index in [9.17, 15) is 5.26 Å². The second kappa shape index (κ2) is 7.12. The van der Waals surface area contributed by atoms with Gasteiger partial charge in [-0.2, -0.15) is 5.26 Å². The van der Waals surface area contributed by atoms with Crippen LogP contribution in [0.3, 0.4) is 0 Å². The zero-order valence-electron chi connectivity index (χ0n) is 13.6. The van der Waals surface area contributed by atoms with Gasteiger partial charge < -0.3 is 5.32 Å². The van der Waals surface area contributed by atoms with E-state index in [0.717, 1.165) is 22.0 Å². The van der Waals surface area contributed by atoms with Crippen molar-refractivity contribution in [1.82, 2.24) is 4.98 Å². The largest absolute Gasteiger partial charge is 0.360 e. The molecule has 3 aromatic rings. The number of benzene rings is 2. The van der Waals surface area contributed by atoms with Crippen molar-refractivity contribution >= 4 is 22.6 Å². The summed E-state index contributed by atoms with van der Waals surface area (Å²) < 4.78 is 0. The monoisotopic (exact) mass is 331 g/mol. The lowest BCUT2D eigenvalue weighted by atomic mass is 10.0. The first-order valence-electron chi connectivity index (χ1n) is 7.63. The Bertz CT molecular complexity index is 918. The molecule has 1 aromatic heterocycles. The van der Waals surface area contributed by atoms with Crippen LogP contribution in [0.4, 0.5) is 5.69 Å². The van der Waals surface area contributed by atoms with Crippen LogP contribution in [-0.2, 0) is 0 Å². The third-order valence-corrected chi connectivity index (χ3v) is 4.55. The smallest absolute Gasteiger partial charge is 0.136 e. The fraction of sp³-hybridized carbons (Fsp3) is 0.100. The Morgan fingerprint density at radius 2 is 1.96 bits per heavy atom. The summed E-state index contributed by atoms with van der Waals surface area (Å²) in [5.74, 6) is 0. The summed E-state index contributed by atoms with van der Waals surface area (Å²) in [7, 11) is 0. The number of aromatic nitrogens is 1. The van der Waals surface area contributed by atoms with E-state index in [-0.39, 0.29) is 0 Å². The second-order valence-corrected chi connectivity index (χ2v) is 6.39. The Morgan fingerprint density at radius 3 is 2.67 bits per heavy atom. The number of hydrogen-bond acceptors (Lipinski definition) is 4. The average molecular weight is 331 g/mol. The van der Waals surface area contributed by atoms with Gasteiger partial charge in [0.25, 0.3) is 0 Å². The maximum Gasteiger partial charge on any atom is 0.136 e. The minimum absolute atomic E-state index is 0.528. The van der Waals surface area contributed by atoms with E-state index in [2.05, 4.69) is 48.4 Å². The van der Waals surface area contributed by atoms with E-state index in [1.807, 2.05) is 35.7 Å². The quantitative estimate of drug-likeness (QED) is 0.651. The number of allylic oxidation sites excluding steroid dienone is 1. The first kappa shape index (κ1) is 16.0. The van der Waals surface area contributed by atoms with Gasteiger partial charge in [-0.1, -0.05) is 42.0 Å². The predicted molar refractivity (Wildman–Crippen MR) is 101 cm³/mol. The van der Waals surface area contributed by atoms with Crippen molar-refractivity contribution in [1.29, 1.82) is 5.26 Å². The van der Waals surface area contributed by atoms with Crippen LogP contribution in [0.25, 0.3) is 16.8 Å². The van der Waals surface area contributed by atoms with E-state index in [0.29, 0.717) is 5.57 Å². The zero-order valence-corrected chi connectivity index (χ0v) is 14.4. The van der Waals surface area contributed by atoms with Crippen molar-refractivity contribution in [2.75, 3.05) is 5.32 Å². The molecule has 1 heterocycles. The first-order valence-corrected chi connectivity index (χ1v) is 8.51. The molecule has 24 heavy (non-hydrogen) atoms. The highest BCUT2D eigenvalue weighted by Gasteiger charge is 2.10. The van der Waals surface area contributed by atoms with Crippen molar-refractivity contribution in [3.63, 3.8) is 0 Å². The number of anilines is 1. The second-order valence-electron chi connectivity index (χ2n) is 5.54. The summed E-state index contributed by atoms with van der Waals surface area (Å²) >= 11 is 1.48. The molecule has 0 fully saturated rings. The molecule has 0 aliphatic heterocycles. The van der Waals surface area contributed by atoms with Gasteiger partial charge >= 0.3 is 0 Å². The molecule has 0 saturated heterocycles. The molecule has 3 rings (SSSR count). The SMILES string of the molecule is Cc1ccc(-c2csc(/C(C#N)=C/Nc3ccccc3)n2)c(C)c1. The lowest BCUT2D eigenvalue weighted by Gasteiger charge is -2.03. The number of aryl methyl sites for hydroxylation is 2. The molecule has 0 spiro atoms. The normalized spacial score (nSPS) is 11.1. The number of hydrogen-bond donors (Lipinski definition) is 1. The van der Waals surface area contributed by atoms with E-state index in [4.69, 9.17) is 0 Å². The van der Waals surface area contributed by atoms with Crippen LogP contribution in [0.2, 0.25) is 0 Å². The van der Waals surface area contributed by atoms with Gasteiger partial charge in [0.15, 0.2) is 0 Å². The molecule has 0 saturated carbocycles. The highest BCUT2D eigenvalue weighted by Crippen LogP contribution is 2.28. The van der Waals surface area contributed by atoms with Crippen LogP contribution in [0.5, 0.6) is 0 Å². The van der Waals surface area contributed by atoms with Gasteiger partial charge in [-0.25, -0.2) is 4.98 Å². The van der Waals surface area contributed by atoms with Crippen LogP contribution in [0, 0.1) is 25.2 Å². The van der Waals surface area contributed by atoms with E-state index >= 15 is 0 Å². The van der Waals surface area contributed by atoms with Crippen molar-refractivity contribution in [2.24, 2.45) is 0 Å². The highest BCUT2D eigenvalue weighted by molar-refractivity contribution is 7.11. The Labute approximate surface area is 145 Å². The summed E-state index contributed by atoms with van der Waals surface area (Å²) in [6, 6.07) is 18.3. The molecule has 0 bridgehead atoms. The maximum atomic E-state index is 9.44. The molecular formula is C20H17N3S. The number of nitrogens with one attached hydrogen (secondary N) is 1. The van der Waals surface area contributed by atoms with Crippen molar-refractivity contribution in [2.45, 2.75) is 13.8 Å². The molecule has 118 valence electrons. The summed E-state index contributed by atoms with van der Waals surface area (Å²) in [6.45, 7) is 4.16. The predicted octanol–water partition coefficient (Wildman–Crippen LogP) is 5.40. The minimum atomic E-state index is 0.528. The topological polar surface area (TPSA) is 48.7 Å². The van der Waals surface area contributed by atoms with Gasteiger partial charge in [-0.05, 0) is 31.5 Å². The number of nitrogens with zero attached hydrogens (tertiary/aromatic N) is 2. The number of thiazole rings is 1. The lowest BCUT2D eigenvalue weighted by molar-refractivity contribution is 1.32. The standard InChI is InChI=1S/C20H17N3S/c1-14-8-9-18(15(2)10-14)19-13-24-20(23-19)16(11-21)12-22-17-6-4-3-5-7-17/h3-10,12-13,22H,1-2H3/b16-12+. The van der Waals surface area contributed by atoms with Gasteiger partial charge in [0, 0.05) is 22.8 Å². The maximum absolute atomic E-state index is 9.44. The fourth-order valence-corrected chi connectivity index (χ4v) is 3.24. The third-order valence-electron chi connectivity index (χ3n) is 3.67. The van der Waals surface area contributed by atoms with Crippen molar-refractivity contribution in [3.05, 3.63) is 76.2 Å². The van der Waals surface area contributed by atoms with Crippen LogP contribution < -0.4 is 5.32 Å². The summed E-state index contributed by atoms with van der Waals surface area (Å²) in [5.41, 5.74) is 5.91. The Kier molecular flexibility index (Phi) is 4.74. The number of para-hydroxylation sites is 1. The van der Waals surface area contributed by atoms with Gasteiger partial charge in [0.05, 0.1) is 5.69 Å². The summed E-state index contributed by atoms with van der Waals surface area (Å²) in [4.78, 5) is 4.64. The third kappa shape index (κ3) is 3.53. The van der Waals surface area contributed by atoms with Crippen molar-refractivity contribution in [3.8, 4) is 17.3 Å². The molecule has 0 radical (unpaired) electrons. The molecule has 0 atom stereocenters. The number of nitriles is 1. The van der Waals surface area contributed by atoms with Gasteiger partial charge in [0.2, 0.25) is 0 Å². The molecule has 1 N–H and O–H groups in total. The van der Waals surface area contributed by atoms with Crippen LogP contribution in [0.15, 0.2) is 60.1 Å². The first-order chi connectivity index (χ1) is 11.7.